The Balaban J connectivity index is 1.28. The Labute approximate surface area is 194 Å². The van der Waals surface area contributed by atoms with Crippen molar-refractivity contribution in [2.75, 3.05) is 5.32 Å². The molecule has 4 heteroatoms. The summed E-state index contributed by atoms with van der Waals surface area (Å²) in [5.41, 5.74) is 5.71. The highest BCUT2D eigenvalue weighted by atomic mass is 35.5. The van der Waals surface area contributed by atoms with Crippen LogP contribution < -0.4 is 10.6 Å². The lowest BCUT2D eigenvalue weighted by atomic mass is 9.68. The first-order chi connectivity index (χ1) is 15.7. The Morgan fingerprint density at radius 3 is 2.56 bits per heavy atom. The fourth-order valence-corrected chi connectivity index (χ4v) is 6.63. The highest BCUT2D eigenvalue weighted by molar-refractivity contribution is 6.30. The second-order valence-corrected chi connectivity index (χ2v) is 10.0. The Bertz CT molecular complexity index is 1140. The summed E-state index contributed by atoms with van der Waals surface area (Å²) in [5, 5.41) is 7.63. The number of rotatable bonds is 4. The van der Waals surface area contributed by atoms with Crippen molar-refractivity contribution in [3.63, 3.8) is 0 Å². The number of carbonyl (C=O) groups excluding carboxylic acids is 1. The lowest BCUT2D eigenvalue weighted by Gasteiger charge is -2.43. The normalized spacial score (nSPS) is 27.3. The molecule has 0 spiro atoms. The minimum atomic E-state index is -0.0207. The summed E-state index contributed by atoms with van der Waals surface area (Å²) in [5.74, 6) is 2.64. The SMILES string of the molecule is O=C(NCc1ccc(Cl)cc1)c1ccc2c(c1)[C@@H]1[C@H]3CC[C@@H](C3)[C@@H]1[C@@H](c1ccccc1)N2. The molecule has 6 rings (SSSR count). The van der Waals surface area contributed by atoms with Crippen molar-refractivity contribution in [1.29, 1.82) is 0 Å². The third kappa shape index (κ3) is 3.40. The van der Waals surface area contributed by atoms with Crippen molar-refractivity contribution in [3.8, 4) is 0 Å². The van der Waals surface area contributed by atoms with Gasteiger partial charge in [-0.3, -0.25) is 4.79 Å². The van der Waals surface area contributed by atoms with E-state index in [9.17, 15) is 4.79 Å². The summed E-state index contributed by atoms with van der Waals surface area (Å²) in [6, 6.07) is 25.1. The van der Waals surface area contributed by atoms with Gasteiger partial charge < -0.3 is 10.6 Å². The van der Waals surface area contributed by atoms with Gasteiger partial charge in [-0.15, -0.1) is 0 Å². The second-order valence-electron chi connectivity index (χ2n) is 9.58. The Hall–Kier alpha value is -2.78. The van der Waals surface area contributed by atoms with Gasteiger partial charge >= 0.3 is 0 Å². The third-order valence-electron chi connectivity index (χ3n) is 7.87. The Kier molecular flexibility index (Phi) is 4.95. The van der Waals surface area contributed by atoms with Crippen molar-refractivity contribution < 1.29 is 4.79 Å². The second kappa shape index (κ2) is 7.97. The van der Waals surface area contributed by atoms with E-state index in [1.54, 1.807) is 0 Å². The van der Waals surface area contributed by atoms with E-state index < -0.39 is 0 Å². The molecule has 0 radical (unpaired) electrons. The number of hydrogen-bond donors (Lipinski definition) is 2. The number of nitrogens with one attached hydrogen (secondary N) is 2. The maximum Gasteiger partial charge on any atom is 0.251 e. The minimum absolute atomic E-state index is 0.0207. The van der Waals surface area contributed by atoms with E-state index in [-0.39, 0.29) is 5.91 Å². The van der Waals surface area contributed by atoms with Gasteiger partial charge in [-0.1, -0.05) is 54.1 Å². The van der Waals surface area contributed by atoms with Crippen LogP contribution in [0.25, 0.3) is 0 Å². The van der Waals surface area contributed by atoms with E-state index in [0.717, 1.165) is 23.0 Å². The summed E-state index contributed by atoms with van der Waals surface area (Å²) in [7, 11) is 0. The zero-order chi connectivity index (χ0) is 21.7. The molecule has 162 valence electrons. The van der Waals surface area contributed by atoms with Crippen molar-refractivity contribution in [2.24, 2.45) is 17.8 Å². The molecule has 3 aromatic carbocycles. The van der Waals surface area contributed by atoms with Crippen LogP contribution in [0.15, 0.2) is 72.8 Å². The molecule has 3 aromatic rings. The number of benzene rings is 3. The number of anilines is 1. The number of hydrogen-bond acceptors (Lipinski definition) is 2. The van der Waals surface area contributed by atoms with Gasteiger partial charge in [0.05, 0.1) is 6.04 Å². The molecule has 2 bridgehead atoms. The molecule has 2 N–H and O–H groups in total. The maximum atomic E-state index is 13.0. The van der Waals surface area contributed by atoms with Gasteiger partial charge in [-0.05, 0) is 90.0 Å². The lowest BCUT2D eigenvalue weighted by molar-refractivity contribution is 0.0950. The highest BCUT2D eigenvalue weighted by Crippen LogP contribution is 2.63. The smallest absolute Gasteiger partial charge is 0.251 e. The molecular weight excluding hydrogens is 416 g/mol. The molecular formula is C28H27ClN2O. The van der Waals surface area contributed by atoms with Crippen LogP contribution in [-0.2, 0) is 6.54 Å². The van der Waals surface area contributed by atoms with Crippen molar-refractivity contribution in [1.82, 2.24) is 5.32 Å². The number of halogens is 1. The molecule has 5 atom stereocenters. The molecule has 32 heavy (non-hydrogen) atoms. The molecule has 0 aromatic heterocycles. The summed E-state index contributed by atoms with van der Waals surface area (Å²) < 4.78 is 0. The minimum Gasteiger partial charge on any atom is -0.378 e. The maximum absolute atomic E-state index is 13.0. The molecule has 2 aliphatic carbocycles. The van der Waals surface area contributed by atoms with E-state index in [1.807, 2.05) is 30.3 Å². The topological polar surface area (TPSA) is 41.1 Å². The Morgan fingerprint density at radius 1 is 0.969 bits per heavy atom. The van der Waals surface area contributed by atoms with E-state index in [2.05, 4.69) is 53.1 Å². The summed E-state index contributed by atoms with van der Waals surface area (Å²) in [6.07, 6.45) is 3.99. The van der Waals surface area contributed by atoms with Gasteiger partial charge in [-0.2, -0.15) is 0 Å². The van der Waals surface area contributed by atoms with Crippen LogP contribution in [-0.4, -0.2) is 5.91 Å². The first kappa shape index (κ1) is 19.9. The summed E-state index contributed by atoms with van der Waals surface area (Å²) in [4.78, 5) is 13.0. The van der Waals surface area contributed by atoms with Crippen LogP contribution in [0.3, 0.4) is 0 Å². The van der Waals surface area contributed by atoms with E-state index in [0.29, 0.717) is 29.4 Å². The molecule has 1 heterocycles. The standard InChI is InChI=1S/C28H27ClN2O/c29-22-11-6-17(7-12-22)16-30-28(32)21-10-13-24-23(15-21)25-19-8-9-20(14-19)26(25)27(31-24)18-4-2-1-3-5-18/h1-7,10-13,15,19-20,25-27,31H,8-9,14,16H2,(H,30,32)/t19-,20-,25-,26-,27+/m0/s1. The first-order valence-electron chi connectivity index (χ1n) is 11.7. The van der Waals surface area contributed by atoms with Crippen molar-refractivity contribution in [3.05, 3.63) is 100 Å². The van der Waals surface area contributed by atoms with E-state index >= 15 is 0 Å². The molecule has 3 aliphatic rings. The predicted octanol–water partition coefficient (Wildman–Crippen LogP) is 6.57. The lowest BCUT2D eigenvalue weighted by Crippen LogP contribution is -2.35. The predicted molar refractivity (Wildman–Crippen MR) is 129 cm³/mol. The van der Waals surface area contributed by atoms with Gasteiger partial charge in [0.15, 0.2) is 0 Å². The average Bonchev–Trinajstić information content (AvgIpc) is 3.46. The van der Waals surface area contributed by atoms with Gasteiger partial charge in [-0.25, -0.2) is 0 Å². The van der Waals surface area contributed by atoms with Gasteiger partial charge in [0.2, 0.25) is 0 Å². The highest BCUT2D eigenvalue weighted by Gasteiger charge is 2.53. The molecule has 1 amide bonds. The molecule has 0 unspecified atom stereocenters. The van der Waals surface area contributed by atoms with Crippen LogP contribution >= 0.6 is 11.6 Å². The van der Waals surface area contributed by atoms with Crippen LogP contribution in [0, 0.1) is 17.8 Å². The van der Waals surface area contributed by atoms with Gasteiger partial charge in [0.25, 0.3) is 5.91 Å². The monoisotopic (exact) mass is 442 g/mol. The summed E-state index contributed by atoms with van der Waals surface area (Å²) >= 11 is 5.96. The van der Waals surface area contributed by atoms with E-state index in [1.165, 1.54) is 36.1 Å². The van der Waals surface area contributed by atoms with Crippen molar-refractivity contribution >= 4 is 23.2 Å². The van der Waals surface area contributed by atoms with Crippen LogP contribution in [0.4, 0.5) is 5.69 Å². The fourth-order valence-electron chi connectivity index (χ4n) is 6.50. The molecule has 1 aliphatic heterocycles. The molecule has 0 saturated heterocycles. The number of carbonyl (C=O) groups is 1. The van der Waals surface area contributed by atoms with Crippen LogP contribution in [0.5, 0.6) is 0 Å². The van der Waals surface area contributed by atoms with Crippen molar-refractivity contribution in [2.45, 2.75) is 37.8 Å². The third-order valence-corrected chi connectivity index (χ3v) is 8.13. The Morgan fingerprint density at radius 2 is 1.75 bits per heavy atom. The van der Waals surface area contributed by atoms with Gasteiger partial charge in [0.1, 0.15) is 0 Å². The largest absolute Gasteiger partial charge is 0.378 e. The zero-order valence-electron chi connectivity index (χ0n) is 17.9. The molecule has 2 fully saturated rings. The first-order valence-corrected chi connectivity index (χ1v) is 12.0. The molecule has 3 nitrogen and oxygen atoms in total. The van der Waals surface area contributed by atoms with Gasteiger partial charge in [0, 0.05) is 22.8 Å². The van der Waals surface area contributed by atoms with Crippen LogP contribution in [0.1, 0.15) is 58.3 Å². The fraction of sp³-hybridized carbons (Fsp3) is 0.321. The average molecular weight is 443 g/mol. The summed E-state index contributed by atoms with van der Waals surface area (Å²) in [6.45, 7) is 0.498. The van der Waals surface area contributed by atoms with Crippen LogP contribution in [0.2, 0.25) is 5.02 Å². The number of amides is 1. The number of fused-ring (bicyclic) bond motifs is 7. The van der Waals surface area contributed by atoms with E-state index in [4.69, 9.17) is 11.6 Å². The quantitative estimate of drug-likeness (QED) is 0.480. The molecule has 2 saturated carbocycles. The zero-order valence-corrected chi connectivity index (χ0v) is 18.7.